The Kier molecular flexibility index (Phi) is 5.71. The number of nitrogens with one attached hydrogen (secondary N) is 1. The van der Waals surface area contributed by atoms with E-state index in [0.29, 0.717) is 12.2 Å². The summed E-state index contributed by atoms with van der Waals surface area (Å²) in [5.41, 5.74) is 3.28. The largest absolute Gasteiger partial charge is 0.369 e. The van der Waals surface area contributed by atoms with Crippen LogP contribution >= 0.6 is 0 Å². The molecule has 6 nitrogen and oxygen atoms in total. The highest BCUT2D eigenvalue weighted by Gasteiger charge is 2.17. The number of nitrogens with zero attached hydrogens (tertiary/aromatic N) is 3. The van der Waals surface area contributed by atoms with Crippen LogP contribution in [0.25, 0.3) is 0 Å². The van der Waals surface area contributed by atoms with Crippen molar-refractivity contribution in [3.63, 3.8) is 0 Å². The van der Waals surface area contributed by atoms with Gasteiger partial charge in [0.2, 0.25) is 5.91 Å². The van der Waals surface area contributed by atoms with Crippen LogP contribution in [-0.2, 0) is 11.2 Å². The van der Waals surface area contributed by atoms with Crippen LogP contribution in [0.3, 0.4) is 0 Å². The minimum atomic E-state index is -0.00769. The number of carbonyl (C=O) groups is 1. The van der Waals surface area contributed by atoms with Crippen LogP contribution in [0.2, 0.25) is 0 Å². The molecular weight excluding hydrogens is 316 g/mol. The molecule has 6 heteroatoms. The number of aromatic nitrogens is 1. The van der Waals surface area contributed by atoms with Crippen LogP contribution in [0.1, 0.15) is 17.0 Å². The number of carbonyl (C=O) groups excluding carboxylic acids is 1. The Morgan fingerprint density at radius 3 is 2.68 bits per heavy atom. The molecule has 1 aromatic heterocycles. The molecule has 0 bridgehead atoms. The monoisotopic (exact) mass is 342 g/mol. The van der Waals surface area contributed by atoms with E-state index in [1.54, 1.807) is 6.07 Å². The maximum Gasteiger partial charge on any atom is 0.226 e. The summed E-state index contributed by atoms with van der Waals surface area (Å²) < 4.78 is 4.98. The summed E-state index contributed by atoms with van der Waals surface area (Å²) in [7, 11) is 0. The highest BCUT2D eigenvalue weighted by atomic mass is 16.5. The average Bonchev–Trinajstić information content (AvgIpc) is 3.00. The smallest absolute Gasteiger partial charge is 0.226 e. The molecule has 1 N–H and O–H groups in total. The second-order valence-electron chi connectivity index (χ2n) is 6.62. The fourth-order valence-electron chi connectivity index (χ4n) is 3.14. The predicted molar refractivity (Wildman–Crippen MR) is 97.8 cm³/mol. The van der Waals surface area contributed by atoms with Crippen molar-refractivity contribution >= 4 is 11.6 Å². The fourth-order valence-corrected chi connectivity index (χ4v) is 3.14. The lowest BCUT2D eigenvalue weighted by atomic mass is 10.2. The quantitative estimate of drug-likeness (QED) is 0.867. The van der Waals surface area contributed by atoms with Gasteiger partial charge in [-0.2, -0.15) is 0 Å². The van der Waals surface area contributed by atoms with Crippen molar-refractivity contribution in [1.29, 1.82) is 0 Å². The molecule has 1 aliphatic rings. The molecule has 1 fully saturated rings. The van der Waals surface area contributed by atoms with Gasteiger partial charge >= 0.3 is 0 Å². The Labute approximate surface area is 148 Å². The number of anilines is 1. The number of rotatable bonds is 6. The lowest BCUT2D eigenvalue weighted by Gasteiger charge is -2.36. The summed E-state index contributed by atoms with van der Waals surface area (Å²) in [5, 5.41) is 6.81. The lowest BCUT2D eigenvalue weighted by Crippen LogP contribution is -2.48. The van der Waals surface area contributed by atoms with Crippen molar-refractivity contribution in [2.75, 3.05) is 44.2 Å². The van der Waals surface area contributed by atoms with E-state index in [1.165, 1.54) is 11.3 Å². The average molecular weight is 342 g/mol. The Bertz CT molecular complexity index is 705. The van der Waals surface area contributed by atoms with E-state index in [2.05, 4.69) is 51.5 Å². The zero-order valence-electron chi connectivity index (χ0n) is 15.0. The molecule has 0 unspecified atom stereocenters. The van der Waals surface area contributed by atoms with Crippen LogP contribution in [-0.4, -0.2) is 55.2 Å². The van der Waals surface area contributed by atoms with Gasteiger partial charge in [0.15, 0.2) is 0 Å². The zero-order chi connectivity index (χ0) is 17.6. The highest BCUT2D eigenvalue weighted by Crippen LogP contribution is 2.17. The molecule has 1 saturated heterocycles. The summed E-state index contributed by atoms with van der Waals surface area (Å²) in [4.78, 5) is 16.7. The summed E-state index contributed by atoms with van der Waals surface area (Å²) in [5.74, 6) is 0.723. The van der Waals surface area contributed by atoms with Crippen molar-refractivity contribution < 1.29 is 9.32 Å². The molecule has 3 rings (SSSR count). The molecular formula is C19H26N4O2. The molecule has 1 amide bonds. The standard InChI is InChI=1S/C19H26N4O2/c1-15-4-3-5-18(12-15)23-10-8-22(9-11-23)7-6-20-19(24)14-17-13-16(2)25-21-17/h3-5,12-13H,6-11,14H2,1-2H3,(H,20,24). The molecule has 0 saturated carbocycles. The van der Waals surface area contributed by atoms with Crippen LogP contribution in [0.4, 0.5) is 5.69 Å². The Hall–Kier alpha value is -2.34. The first-order chi connectivity index (χ1) is 12.1. The maximum absolute atomic E-state index is 11.9. The van der Waals surface area contributed by atoms with Crippen molar-refractivity contribution in [3.05, 3.63) is 47.3 Å². The molecule has 0 atom stereocenters. The van der Waals surface area contributed by atoms with Crippen LogP contribution in [0, 0.1) is 13.8 Å². The van der Waals surface area contributed by atoms with Gasteiger partial charge in [0.05, 0.1) is 12.1 Å². The minimum Gasteiger partial charge on any atom is -0.369 e. The summed E-state index contributed by atoms with van der Waals surface area (Å²) in [6.07, 6.45) is 0.276. The number of amides is 1. The molecule has 1 aromatic carbocycles. The first kappa shape index (κ1) is 17.5. The van der Waals surface area contributed by atoms with Gasteiger partial charge in [0.1, 0.15) is 5.76 Å². The lowest BCUT2D eigenvalue weighted by molar-refractivity contribution is -0.120. The van der Waals surface area contributed by atoms with Crippen LogP contribution in [0.5, 0.6) is 0 Å². The third kappa shape index (κ3) is 5.06. The first-order valence-electron chi connectivity index (χ1n) is 8.83. The number of aryl methyl sites for hydroxylation is 2. The normalized spacial score (nSPS) is 15.4. The molecule has 1 aliphatic heterocycles. The van der Waals surface area contributed by atoms with Gasteiger partial charge in [-0.15, -0.1) is 0 Å². The van der Waals surface area contributed by atoms with E-state index in [9.17, 15) is 4.79 Å². The Morgan fingerprint density at radius 2 is 2.00 bits per heavy atom. The summed E-state index contributed by atoms with van der Waals surface area (Å²) >= 11 is 0. The minimum absolute atomic E-state index is 0.00769. The fraction of sp³-hybridized carbons (Fsp3) is 0.474. The number of benzene rings is 1. The SMILES string of the molecule is Cc1cccc(N2CCN(CCNC(=O)Cc3cc(C)on3)CC2)c1. The first-order valence-corrected chi connectivity index (χ1v) is 8.83. The van der Waals surface area contributed by atoms with Crippen molar-refractivity contribution in [1.82, 2.24) is 15.4 Å². The van der Waals surface area contributed by atoms with Crippen molar-refractivity contribution in [2.24, 2.45) is 0 Å². The summed E-state index contributed by atoms with van der Waals surface area (Å²) in [6, 6.07) is 10.5. The molecule has 134 valence electrons. The zero-order valence-corrected chi connectivity index (χ0v) is 15.0. The van der Waals surface area contributed by atoms with E-state index in [4.69, 9.17) is 4.52 Å². The van der Waals surface area contributed by atoms with E-state index < -0.39 is 0 Å². The van der Waals surface area contributed by atoms with Gasteiger partial charge in [-0.3, -0.25) is 9.69 Å². The summed E-state index contributed by atoms with van der Waals surface area (Å²) in [6.45, 7) is 9.59. The van der Waals surface area contributed by atoms with Gasteiger partial charge in [0.25, 0.3) is 0 Å². The van der Waals surface area contributed by atoms with E-state index in [0.717, 1.165) is 38.5 Å². The number of hydrogen-bond acceptors (Lipinski definition) is 5. The van der Waals surface area contributed by atoms with Crippen LogP contribution < -0.4 is 10.2 Å². The Morgan fingerprint density at radius 1 is 1.20 bits per heavy atom. The molecule has 0 aliphatic carbocycles. The second kappa shape index (κ2) is 8.16. The van der Waals surface area contributed by atoms with E-state index >= 15 is 0 Å². The van der Waals surface area contributed by atoms with Gasteiger partial charge in [-0.1, -0.05) is 17.3 Å². The third-order valence-electron chi connectivity index (χ3n) is 4.51. The van der Waals surface area contributed by atoms with Crippen LogP contribution in [0.15, 0.2) is 34.9 Å². The molecule has 0 radical (unpaired) electrons. The Balaban J connectivity index is 1.36. The molecule has 0 spiro atoms. The van der Waals surface area contributed by atoms with Crippen molar-refractivity contribution in [3.8, 4) is 0 Å². The van der Waals surface area contributed by atoms with Gasteiger partial charge < -0.3 is 14.7 Å². The molecule has 2 aromatic rings. The maximum atomic E-state index is 11.9. The highest BCUT2D eigenvalue weighted by molar-refractivity contribution is 5.78. The number of hydrogen-bond donors (Lipinski definition) is 1. The molecule has 2 heterocycles. The topological polar surface area (TPSA) is 61.6 Å². The van der Waals surface area contributed by atoms with Gasteiger partial charge in [-0.25, -0.2) is 0 Å². The van der Waals surface area contributed by atoms with E-state index in [-0.39, 0.29) is 12.3 Å². The van der Waals surface area contributed by atoms with Gasteiger partial charge in [0, 0.05) is 51.0 Å². The predicted octanol–water partition coefficient (Wildman–Crippen LogP) is 1.77. The van der Waals surface area contributed by atoms with Gasteiger partial charge in [-0.05, 0) is 31.5 Å². The third-order valence-corrected chi connectivity index (χ3v) is 4.51. The van der Waals surface area contributed by atoms with E-state index in [1.807, 2.05) is 6.92 Å². The number of piperazine rings is 1. The molecule has 25 heavy (non-hydrogen) atoms. The van der Waals surface area contributed by atoms with Crippen molar-refractivity contribution in [2.45, 2.75) is 20.3 Å². The second-order valence-corrected chi connectivity index (χ2v) is 6.62.